The number of fused-ring (bicyclic) bond motifs is 1. The van der Waals surface area contributed by atoms with E-state index in [0.29, 0.717) is 13.1 Å². The van der Waals surface area contributed by atoms with E-state index in [0.717, 1.165) is 55.2 Å². The molecule has 6 heteroatoms. The van der Waals surface area contributed by atoms with Crippen LogP contribution in [0.5, 0.6) is 11.5 Å². The maximum absolute atomic E-state index is 12.6. The summed E-state index contributed by atoms with van der Waals surface area (Å²) >= 11 is 0. The predicted molar refractivity (Wildman–Crippen MR) is 108 cm³/mol. The zero-order valence-corrected chi connectivity index (χ0v) is 16.4. The summed E-state index contributed by atoms with van der Waals surface area (Å²) < 4.78 is 11.2. The van der Waals surface area contributed by atoms with E-state index in [1.807, 2.05) is 29.2 Å². The molecule has 1 fully saturated rings. The largest absolute Gasteiger partial charge is 0.497 e. The van der Waals surface area contributed by atoms with E-state index < -0.39 is 0 Å². The average molecular weight is 381 g/mol. The molecule has 0 unspecified atom stereocenters. The molecule has 4 rings (SSSR count). The van der Waals surface area contributed by atoms with E-state index in [2.05, 4.69) is 16.0 Å². The van der Waals surface area contributed by atoms with Crippen LogP contribution < -0.4 is 14.4 Å². The van der Waals surface area contributed by atoms with Gasteiger partial charge in [-0.25, -0.2) is 0 Å². The number of nitrogens with zero attached hydrogens (tertiary/aromatic N) is 3. The van der Waals surface area contributed by atoms with Crippen molar-refractivity contribution in [1.29, 1.82) is 0 Å². The standard InChI is InChI=1S/C22H27N3O3/c1-27-18-6-4-5-17(15-18)24-11-13-25(14-12-24)22(26)16-28-21-9-10-23-20-8-3-2-7-19(20)21/h4-6,9-10,15H,2-3,7-8,11-14,16H2,1H3. The van der Waals surface area contributed by atoms with Crippen LogP contribution in [-0.4, -0.2) is 55.7 Å². The van der Waals surface area contributed by atoms with Crippen molar-refractivity contribution in [3.63, 3.8) is 0 Å². The average Bonchev–Trinajstić information content (AvgIpc) is 2.77. The van der Waals surface area contributed by atoms with E-state index in [9.17, 15) is 4.79 Å². The topological polar surface area (TPSA) is 54.9 Å². The number of methoxy groups -OCH3 is 1. The van der Waals surface area contributed by atoms with E-state index in [-0.39, 0.29) is 12.5 Å². The fourth-order valence-electron chi connectivity index (χ4n) is 3.98. The maximum atomic E-state index is 12.6. The lowest BCUT2D eigenvalue weighted by Crippen LogP contribution is -2.50. The molecule has 0 radical (unpaired) electrons. The fraction of sp³-hybridized carbons (Fsp3) is 0.455. The second-order valence-electron chi connectivity index (χ2n) is 7.30. The van der Waals surface area contributed by atoms with Crippen LogP contribution >= 0.6 is 0 Å². The van der Waals surface area contributed by atoms with Gasteiger partial charge in [0.25, 0.3) is 5.91 Å². The second kappa shape index (κ2) is 8.50. The normalized spacial score (nSPS) is 16.5. The van der Waals surface area contributed by atoms with E-state index in [1.165, 1.54) is 12.0 Å². The minimum Gasteiger partial charge on any atom is -0.497 e. The van der Waals surface area contributed by atoms with Crippen LogP contribution in [0.3, 0.4) is 0 Å². The molecule has 28 heavy (non-hydrogen) atoms. The highest BCUT2D eigenvalue weighted by atomic mass is 16.5. The van der Waals surface area contributed by atoms with Gasteiger partial charge in [-0.15, -0.1) is 0 Å². The molecular formula is C22H27N3O3. The number of carbonyl (C=O) groups is 1. The van der Waals surface area contributed by atoms with Crippen LogP contribution in [0.15, 0.2) is 36.5 Å². The van der Waals surface area contributed by atoms with Crippen LogP contribution in [0.4, 0.5) is 5.69 Å². The van der Waals surface area contributed by atoms with Crippen LogP contribution in [0.25, 0.3) is 0 Å². The summed E-state index contributed by atoms with van der Waals surface area (Å²) in [5, 5.41) is 0. The quantitative estimate of drug-likeness (QED) is 0.797. The smallest absolute Gasteiger partial charge is 0.260 e. The summed E-state index contributed by atoms with van der Waals surface area (Å²) in [6.45, 7) is 3.12. The van der Waals surface area contributed by atoms with Gasteiger partial charge in [0, 0.05) is 55.4 Å². The number of pyridine rings is 1. The first kappa shape index (κ1) is 18.6. The van der Waals surface area contributed by atoms with Gasteiger partial charge in [-0.3, -0.25) is 9.78 Å². The third-order valence-corrected chi connectivity index (χ3v) is 5.59. The number of aryl methyl sites for hydroxylation is 1. The first-order chi connectivity index (χ1) is 13.7. The highest BCUT2D eigenvalue weighted by Crippen LogP contribution is 2.28. The third-order valence-electron chi connectivity index (χ3n) is 5.59. The van der Waals surface area contributed by atoms with Crippen molar-refractivity contribution in [3.05, 3.63) is 47.8 Å². The van der Waals surface area contributed by atoms with E-state index in [4.69, 9.17) is 9.47 Å². The Kier molecular flexibility index (Phi) is 5.65. The molecule has 148 valence electrons. The summed E-state index contributed by atoms with van der Waals surface area (Å²) in [7, 11) is 1.68. The predicted octanol–water partition coefficient (Wildman–Crippen LogP) is 2.70. The lowest BCUT2D eigenvalue weighted by molar-refractivity contribution is -0.133. The van der Waals surface area contributed by atoms with Crippen molar-refractivity contribution in [2.75, 3.05) is 44.8 Å². The van der Waals surface area contributed by atoms with Gasteiger partial charge < -0.3 is 19.3 Å². The van der Waals surface area contributed by atoms with Crippen LogP contribution in [0.1, 0.15) is 24.1 Å². The summed E-state index contributed by atoms with van der Waals surface area (Å²) in [6.07, 6.45) is 6.13. The number of carbonyl (C=O) groups excluding carboxylic acids is 1. The Hall–Kier alpha value is -2.76. The van der Waals surface area contributed by atoms with Crippen LogP contribution in [0.2, 0.25) is 0 Å². The number of amides is 1. The minimum atomic E-state index is 0.0478. The van der Waals surface area contributed by atoms with Gasteiger partial charge in [0.15, 0.2) is 6.61 Å². The zero-order chi connectivity index (χ0) is 19.3. The molecule has 0 bridgehead atoms. The molecule has 1 amide bonds. The molecule has 1 aliphatic heterocycles. The van der Waals surface area contributed by atoms with Gasteiger partial charge in [0.2, 0.25) is 0 Å². The highest BCUT2D eigenvalue weighted by molar-refractivity contribution is 5.78. The van der Waals surface area contributed by atoms with Gasteiger partial charge >= 0.3 is 0 Å². The van der Waals surface area contributed by atoms with Crippen molar-refractivity contribution in [1.82, 2.24) is 9.88 Å². The SMILES string of the molecule is COc1cccc(N2CCN(C(=O)COc3ccnc4c3CCCC4)CC2)c1. The number of aromatic nitrogens is 1. The summed E-state index contributed by atoms with van der Waals surface area (Å²) in [6, 6.07) is 9.94. The molecule has 1 saturated heterocycles. The third kappa shape index (κ3) is 4.06. The zero-order valence-electron chi connectivity index (χ0n) is 16.4. The maximum Gasteiger partial charge on any atom is 0.260 e. The van der Waals surface area contributed by atoms with Crippen LogP contribution in [-0.2, 0) is 17.6 Å². The van der Waals surface area contributed by atoms with Crippen molar-refractivity contribution in [2.45, 2.75) is 25.7 Å². The van der Waals surface area contributed by atoms with Crippen molar-refractivity contribution in [3.8, 4) is 11.5 Å². The van der Waals surface area contributed by atoms with Crippen molar-refractivity contribution < 1.29 is 14.3 Å². The highest BCUT2D eigenvalue weighted by Gasteiger charge is 2.23. The Labute approximate surface area is 166 Å². The molecule has 6 nitrogen and oxygen atoms in total. The molecule has 1 aromatic carbocycles. The molecule has 0 atom stereocenters. The molecule has 0 saturated carbocycles. The molecular weight excluding hydrogens is 354 g/mol. The van der Waals surface area contributed by atoms with Crippen molar-refractivity contribution >= 4 is 11.6 Å². The Morgan fingerprint density at radius 3 is 2.75 bits per heavy atom. The van der Waals surface area contributed by atoms with Gasteiger partial charge in [0.1, 0.15) is 11.5 Å². The molecule has 2 heterocycles. The lowest BCUT2D eigenvalue weighted by atomic mass is 9.95. The van der Waals surface area contributed by atoms with Gasteiger partial charge in [-0.1, -0.05) is 6.07 Å². The molecule has 2 aliphatic rings. The van der Waals surface area contributed by atoms with Gasteiger partial charge in [-0.2, -0.15) is 0 Å². The number of ether oxygens (including phenoxy) is 2. The number of anilines is 1. The summed E-state index contributed by atoms with van der Waals surface area (Å²) in [4.78, 5) is 21.3. The Morgan fingerprint density at radius 2 is 1.93 bits per heavy atom. The number of benzene rings is 1. The number of hydrogen-bond acceptors (Lipinski definition) is 5. The number of hydrogen-bond donors (Lipinski definition) is 0. The van der Waals surface area contributed by atoms with Crippen molar-refractivity contribution in [2.24, 2.45) is 0 Å². The first-order valence-electron chi connectivity index (χ1n) is 10.0. The molecule has 0 N–H and O–H groups in total. The summed E-state index contributed by atoms with van der Waals surface area (Å²) in [5.74, 6) is 1.73. The molecule has 1 aromatic heterocycles. The lowest BCUT2D eigenvalue weighted by Gasteiger charge is -2.36. The van der Waals surface area contributed by atoms with Crippen LogP contribution in [0, 0.1) is 0 Å². The monoisotopic (exact) mass is 381 g/mol. The Balaban J connectivity index is 1.31. The molecule has 2 aromatic rings. The van der Waals surface area contributed by atoms with E-state index >= 15 is 0 Å². The summed E-state index contributed by atoms with van der Waals surface area (Å²) in [5.41, 5.74) is 3.44. The molecule has 1 aliphatic carbocycles. The number of rotatable bonds is 5. The first-order valence-corrected chi connectivity index (χ1v) is 10.0. The van der Waals surface area contributed by atoms with E-state index in [1.54, 1.807) is 13.3 Å². The Morgan fingerprint density at radius 1 is 1.11 bits per heavy atom. The van der Waals surface area contributed by atoms with Gasteiger partial charge in [0.05, 0.1) is 7.11 Å². The minimum absolute atomic E-state index is 0.0478. The number of piperazine rings is 1. The Bertz CT molecular complexity index is 832. The van der Waals surface area contributed by atoms with Gasteiger partial charge in [-0.05, 0) is 43.9 Å². The second-order valence-corrected chi connectivity index (χ2v) is 7.30. The fourth-order valence-corrected chi connectivity index (χ4v) is 3.98. The molecule has 0 spiro atoms.